The molecule has 0 bridgehead atoms. The van der Waals surface area contributed by atoms with Crippen molar-refractivity contribution in [3.05, 3.63) is 145 Å². The minimum Gasteiger partial charge on any atom is -0.247 e. The highest BCUT2D eigenvalue weighted by Crippen LogP contribution is 2.42. The summed E-state index contributed by atoms with van der Waals surface area (Å²) in [5, 5.41) is 13.6. The maximum Gasteiger partial charge on any atom is 0.187 e. The van der Waals surface area contributed by atoms with Crippen LogP contribution >= 0.6 is 0 Å². The van der Waals surface area contributed by atoms with Crippen LogP contribution in [0.2, 0.25) is 0 Å². The van der Waals surface area contributed by atoms with Gasteiger partial charge in [-0.05, 0) is 65.8 Å². The average Bonchev–Trinajstić information content (AvgIpc) is 3.06. The predicted molar refractivity (Wildman–Crippen MR) is 178 cm³/mol. The number of rotatable bonds is 2. The first-order valence-corrected chi connectivity index (χ1v) is 14.2. The Morgan fingerprint density at radius 3 is 1.93 bits per heavy atom. The summed E-state index contributed by atoms with van der Waals surface area (Å²) in [7, 11) is 0. The summed E-state index contributed by atoms with van der Waals surface area (Å²) in [6, 6.07) is 47.5. The van der Waals surface area contributed by atoms with Gasteiger partial charge in [-0.2, -0.15) is 0 Å². The molecule has 0 saturated carbocycles. The van der Waals surface area contributed by atoms with Gasteiger partial charge in [-0.1, -0.05) is 127 Å². The van der Waals surface area contributed by atoms with E-state index in [1.807, 2.05) is 24.3 Å². The van der Waals surface area contributed by atoms with Gasteiger partial charge in [0, 0.05) is 16.2 Å². The molecular formula is C40H22N2. The van der Waals surface area contributed by atoms with E-state index in [4.69, 9.17) is 11.6 Å². The van der Waals surface area contributed by atoms with Crippen molar-refractivity contribution in [3.63, 3.8) is 0 Å². The van der Waals surface area contributed by atoms with Gasteiger partial charge in [0.1, 0.15) is 0 Å². The van der Waals surface area contributed by atoms with Crippen molar-refractivity contribution >= 4 is 70.5 Å². The summed E-state index contributed by atoms with van der Waals surface area (Å²) < 4.78 is 0. The largest absolute Gasteiger partial charge is 0.247 e. The summed E-state index contributed by atoms with van der Waals surface area (Å²) in [4.78, 5) is 8.89. The van der Waals surface area contributed by atoms with E-state index < -0.39 is 0 Å². The third-order valence-electron chi connectivity index (χ3n) is 8.79. The maximum atomic E-state index is 7.39. The van der Waals surface area contributed by atoms with Crippen LogP contribution in [0.4, 0.5) is 5.69 Å². The molecule has 192 valence electrons. The van der Waals surface area contributed by atoms with Gasteiger partial charge in [-0.3, -0.25) is 0 Å². The lowest BCUT2D eigenvalue weighted by Crippen LogP contribution is -1.92. The molecule has 0 aliphatic heterocycles. The molecule has 0 radical (unpaired) electrons. The van der Waals surface area contributed by atoms with Crippen LogP contribution in [0, 0.1) is 6.57 Å². The van der Waals surface area contributed by atoms with Gasteiger partial charge in [-0.25, -0.2) is 9.83 Å². The van der Waals surface area contributed by atoms with Crippen LogP contribution in [0.3, 0.4) is 0 Å². The number of hydrogen-bond acceptors (Lipinski definition) is 1. The molecule has 1 heterocycles. The molecule has 2 heteroatoms. The molecule has 42 heavy (non-hydrogen) atoms. The lowest BCUT2D eigenvalue weighted by atomic mass is 9.89. The molecule has 1 aromatic heterocycles. The third-order valence-corrected chi connectivity index (χ3v) is 8.79. The Morgan fingerprint density at radius 1 is 0.452 bits per heavy atom. The summed E-state index contributed by atoms with van der Waals surface area (Å²) in [5.74, 6) is 0. The Balaban J connectivity index is 1.36. The lowest BCUT2D eigenvalue weighted by molar-refractivity contribution is 1.43. The molecule has 0 atom stereocenters. The van der Waals surface area contributed by atoms with Crippen LogP contribution < -0.4 is 0 Å². The molecule has 9 aromatic rings. The monoisotopic (exact) mass is 530 g/mol. The zero-order chi connectivity index (χ0) is 27.8. The number of nitrogens with zero attached hydrogens (tertiary/aromatic N) is 2. The number of fused-ring (bicyclic) bond motifs is 5. The Kier molecular flexibility index (Phi) is 4.71. The van der Waals surface area contributed by atoms with E-state index in [0.29, 0.717) is 5.69 Å². The molecule has 2 nitrogen and oxygen atoms in total. The minimum absolute atomic E-state index is 0.630. The van der Waals surface area contributed by atoms with Gasteiger partial charge in [0.2, 0.25) is 0 Å². The standard InChI is InChI=1S/C40H22N2/c1-41-30-17-11-28(12-18-30)40-35-22-13-24-5-2-3-8-32(24)39(35)34-21-16-29(23-36(34)42-40)31-19-14-27-10-9-25-6-4-7-26-15-20-33(31)38(27)37(25)26/h2-23H. The van der Waals surface area contributed by atoms with Gasteiger partial charge in [0.15, 0.2) is 5.69 Å². The van der Waals surface area contributed by atoms with Crippen molar-refractivity contribution in [1.82, 2.24) is 4.98 Å². The van der Waals surface area contributed by atoms with E-state index in [9.17, 15) is 0 Å². The van der Waals surface area contributed by atoms with Crippen molar-refractivity contribution in [1.29, 1.82) is 0 Å². The van der Waals surface area contributed by atoms with E-state index in [0.717, 1.165) is 33.1 Å². The van der Waals surface area contributed by atoms with Gasteiger partial charge >= 0.3 is 0 Å². The number of hydrogen-bond donors (Lipinski definition) is 0. The Bertz CT molecular complexity index is 2550. The predicted octanol–water partition coefficient (Wildman–Crippen LogP) is 11.3. The highest BCUT2D eigenvalue weighted by atomic mass is 14.7. The quantitative estimate of drug-likeness (QED) is 0.160. The fourth-order valence-electron chi connectivity index (χ4n) is 6.84. The van der Waals surface area contributed by atoms with Crippen molar-refractivity contribution in [2.75, 3.05) is 0 Å². The molecule has 0 saturated heterocycles. The highest BCUT2D eigenvalue weighted by molar-refractivity contribution is 6.26. The van der Waals surface area contributed by atoms with Gasteiger partial charge in [0.25, 0.3) is 0 Å². The second kappa shape index (κ2) is 8.61. The fraction of sp³-hybridized carbons (Fsp3) is 0. The lowest BCUT2D eigenvalue weighted by Gasteiger charge is -2.16. The molecule has 0 amide bonds. The van der Waals surface area contributed by atoms with Crippen molar-refractivity contribution in [2.24, 2.45) is 0 Å². The summed E-state index contributed by atoms with van der Waals surface area (Å²) in [5.41, 5.74) is 5.91. The van der Waals surface area contributed by atoms with Crippen LogP contribution in [0.5, 0.6) is 0 Å². The topological polar surface area (TPSA) is 17.2 Å². The normalized spacial score (nSPS) is 11.8. The van der Waals surface area contributed by atoms with E-state index in [1.165, 1.54) is 54.0 Å². The third kappa shape index (κ3) is 3.22. The fourth-order valence-corrected chi connectivity index (χ4v) is 6.84. The highest BCUT2D eigenvalue weighted by Gasteiger charge is 2.16. The van der Waals surface area contributed by atoms with Gasteiger partial charge in [0.05, 0.1) is 17.8 Å². The second-order valence-electron chi connectivity index (χ2n) is 11.0. The number of benzene rings is 8. The Morgan fingerprint density at radius 2 is 1.10 bits per heavy atom. The van der Waals surface area contributed by atoms with E-state index >= 15 is 0 Å². The van der Waals surface area contributed by atoms with Crippen LogP contribution in [0.1, 0.15) is 0 Å². The van der Waals surface area contributed by atoms with Crippen molar-refractivity contribution in [2.45, 2.75) is 0 Å². The second-order valence-corrected chi connectivity index (χ2v) is 11.0. The number of aromatic nitrogens is 1. The minimum atomic E-state index is 0.630. The molecule has 0 N–H and O–H groups in total. The van der Waals surface area contributed by atoms with Gasteiger partial charge in [-0.15, -0.1) is 0 Å². The number of pyridine rings is 1. The molecule has 9 rings (SSSR count). The first-order chi connectivity index (χ1) is 20.8. The Hall–Kier alpha value is -5.78. The van der Waals surface area contributed by atoms with E-state index in [-0.39, 0.29) is 0 Å². The van der Waals surface area contributed by atoms with Crippen molar-refractivity contribution in [3.8, 4) is 22.4 Å². The first kappa shape index (κ1) is 23.0. The molecule has 0 aliphatic carbocycles. The van der Waals surface area contributed by atoms with Crippen LogP contribution in [-0.4, -0.2) is 4.98 Å². The van der Waals surface area contributed by atoms with Crippen molar-refractivity contribution < 1.29 is 0 Å². The van der Waals surface area contributed by atoms with Crippen LogP contribution in [0.25, 0.3) is 92.0 Å². The summed E-state index contributed by atoms with van der Waals surface area (Å²) >= 11 is 0. The molecule has 0 spiro atoms. The van der Waals surface area contributed by atoms with E-state index in [2.05, 4.69) is 114 Å². The first-order valence-electron chi connectivity index (χ1n) is 14.2. The molecule has 8 aromatic carbocycles. The zero-order valence-corrected chi connectivity index (χ0v) is 22.6. The molecule has 0 fully saturated rings. The molecular weight excluding hydrogens is 508 g/mol. The van der Waals surface area contributed by atoms with Gasteiger partial charge < -0.3 is 0 Å². The molecule has 0 unspecified atom stereocenters. The van der Waals surface area contributed by atoms with E-state index in [1.54, 1.807) is 0 Å². The SMILES string of the molecule is [C-]#[N+]c1ccc(-c2nc3cc(-c4ccc5ccc6cccc7ccc4c5c67)ccc3c3c2ccc2ccccc23)cc1. The smallest absolute Gasteiger partial charge is 0.187 e. The summed E-state index contributed by atoms with van der Waals surface area (Å²) in [6.45, 7) is 7.39. The zero-order valence-electron chi connectivity index (χ0n) is 22.6. The average molecular weight is 531 g/mol. The summed E-state index contributed by atoms with van der Waals surface area (Å²) in [6.07, 6.45) is 0. The molecule has 0 aliphatic rings. The van der Waals surface area contributed by atoms with Crippen LogP contribution in [0.15, 0.2) is 133 Å². The van der Waals surface area contributed by atoms with Crippen LogP contribution in [-0.2, 0) is 0 Å². The maximum absolute atomic E-state index is 7.39. The Labute approximate surface area is 242 Å².